The number of nitrogens with zero attached hydrogens (tertiary/aromatic N) is 4. The molecule has 3 aromatic rings. The van der Waals surface area contributed by atoms with E-state index in [1.807, 2.05) is 13.8 Å². The molecule has 0 aliphatic carbocycles. The van der Waals surface area contributed by atoms with Crippen molar-refractivity contribution in [1.82, 2.24) is 19.3 Å². The van der Waals surface area contributed by atoms with E-state index in [-0.39, 0.29) is 30.5 Å². The zero-order chi connectivity index (χ0) is 31.7. The first-order valence-corrected chi connectivity index (χ1v) is 15.5. The lowest BCUT2D eigenvalue weighted by atomic mass is 9.81. The second-order valence-corrected chi connectivity index (χ2v) is 13.7. The average Bonchev–Trinajstić information content (AvgIpc) is 3.33. The molecule has 1 aliphatic heterocycles. The van der Waals surface area contributed by atoms with Crippen LogP contribution < -0.4 is 0 Å². The summed E-state index contributed by atoms with van der Waals surface area (Å²) in [6.07, 6.45) is -2.70. The van der Waals surface area contributed by atoms with Gasteiger partial charge in [0, 0.05) is 19.6 Å². The number of carboxylic acids is 1. The van der Waals surface area contributed by atoms with Crippen molar-refractivity contribution in [1.29, 1.82) is 0 Å². The van der Waals surface area contributed by atoms with E-state index in [0.717, 1.165) is 24.1 Å². The smallest absolute Gasteiger partial charge is 0.416 e. The molecule has 2 atom stereocenters. The molecular formula is C30H37F3N4O5S. The summed E-state index contributed by atoms with van der Waals surface area (Å²) in [4.78, 5) is 12.0. The molecule has 0 fully saturated rings. The van der Waals surface area contributed by atoms with Gasteiger partial charge in [-0.25, -0.2) is 8.42 Å². The van der Waals surface area contributed by atoms with Crippen molar-refractivity contribution < 1.29 is 36.2 Å². The fraction of sp³-hybridized carbons (Fsp3) is 0.500. The maximum absolute atomic E-state index is 13.8. The molecule has 2 aromatic carbocycles. The first-order valence-electron chi connectivity index (χ1n) is 14.1. The molecule has 0 amide bonds. The number of alkyl halides is 3. The molecule has 0 saturated carbocycles. The molecule has 0 unspecified atom stereocenters. The largest absolute Gasteiger partial charge is 0.481 e. The van der Waals surface area contributed by atoms with Crippen molar-refractivity contribution in [3.63, 3.8) is 0 Å². The van der Waals surface area contributed by atoms with Crippen LogP contribution in [0.25, 0.3) is 0 Å². The maximum Gasteiger partial charge on any atom is 0.416 e. The van der Waals surface area contributed by atoms with Gasteiger partial charge >= 0.3 is 12.1 Å². The van der Waals surface area contributed by atoms with Crippen LogP contribution >= 0.6 is 0 Å². The highest BCUT2D eigenvalue weighted by Gasteiger charge is 2.40. The number of aryl methyl sites for hydroxylation is 2. The minimum atomic E-state index is -4.69. The molecule has 4 rings (SSSR count). The molecular weight excluding hydrogens is 585 g/mol. The van der Waals surface area contributed by atoms with Crippen molar-refractivity contribution in [2.24, 2.45) is 11.3 Å². The van der Waals surface area contributed by atoms with Gasteiger partial charge in [-0.05, 0) is 73.9 Å². The van der Waals surface area contributed by atoms with E-state index < -0.39 is 39.3 Å². The highest BCUT2D eigenvalue weighted by molar-refractivity contribution is 7.89. The summed E-state index contributed by atoms with van der Waals surface area (Å²) in [5.74, 6) is -1.24. The van der Waals surface area contributed by atoms with Crippen molar-refractivity contribution in [3.8, 4) is 0 Å². The standard InChI is InChI=1S/C30H37F3N4O5S/c1-6-11-36-17-25(34-35-36)18-42-27(29(4,5)28(38)39)22-8-7-20(3)23(13-22)16-37-15-19(2)12-21-9-10-24(30(31,32)33)14-26(21)43(37,40)41/h7-10,13-14,17,19,27H,6,11-12,15-16,18H2,1-5H3,(H,38,39)/t19-,27-/m1/s1. The molecule has 1 aliphatic rings. The number of aliphatic carboxylic acids is 1. The van der Waals surface area contributed by atoms with Crippen LogP contribution in [0.2, 0.25) is 0 Å². The predicted octanol–water partition coefficient (Wildman–Crippen LogP) is 5.77. The molecule has 9 nitrogen and oxygen atoms in total. The number of carboxylic acid groups (broad SMARTS) is 1. The number of benzene rings is 2. The lowest BCUT2D eigenvalue weighted by Gasteiger charge is -2.31. The minimum Gasteiger partial charge on any atom is -0.481 e. The molecule has 1 aromatic heterocycles. The second-order valence-electron chi connectivity index (χ2n) is 11.8. The van der Waals surface area contributed by atoms with E-state index in [9.17, 15) is 31.5 Å². The van der Waals surface area contributed by atoms with Crippen LogP contribution in [0.3, 0.4) is 0 Å². The number of sulfonamides is 1. The number of hydrogen-bond acceptors (Lipinski definition) is 6. The third-order valence-electron chi connectivity index (χ3n) is 7.76. The molecule has 0 spiro atoms. The molecule has 0 radical (unpaired) electrons. The Morgan fingerprint density at radius 1 is 1.19 bits per heavy atom. The maximum atomic E-state index is 13.8. The number of ether oxygens (including phenoxy) is 1. The first-order chi connectivity index (χ1) is 20.0. The number of hydrogen-bond donors (Lipinski definition) is 1. The molecule has 234 valence electrons. The van der Waals surface area contributed by atoms with Crippen LogP contribution in [-0.4, -0.2) is 45.3 Å². The number of aromatic nitrogens is 3. The quantitative estimate of drug-likeness (QED) is 0.306. The van der Waals surface area contributed by atoms with Gasteiger partial charge in [0.2, 0.25) is 10.0 Å². The van der Waals surface area contributed by atoms with E-state index in [4.69, 9.17) is 4.74 Å². The van der Waals surface area contributed by atoms with Gasteiger partial charge < -0.3 is 9.84 Å². The van der Waals surface area contributed by atoms with E-state index >= 15 is 0 Å². The van der Waals surface area contributed by atoms with Gasteiger partial charge in [0.25, 0.3) is 0 Å². The number of halogens is 3. The van der Waals surface area contributed by atoms with Gasteiger partial charge in [0.1, 0.15) is 5.69 Å². The summed E-state index contributed by atoms with van der Waals surface area (Å²) in [5, 5.41) is 18.2. The summed E-state index contributed by atoms with van der Waals surface area (Å²) in [7, 11) is -4.28. The second kappa shape index (κ2) is 12.4. The van der Waals surface area contributed by atoms with Crippen molar-refractivity contribution >= 4 is 16.0 Å². The Kier molecular flexibility index (Phi) is 9.38. The SMILES string of the molecule is CCCn1cc(CO[C@H](c2ccc(C)c(CN3C[C@H](C)Cc4ccc(C(F)(F)F)cc4S3(=O)=O)c2)C(C)(C)C(=O)O)nn1. The minimum absolute atomic E-state index is 0.00461. The van der Waals surface area contributed by atoms with Gasteiger partial charge in [-0.2, -0.15) is 17.5 Å². The van der Waals surface area contributed by atoms with Gasteiger partial charge in [-0.1, -0.05) is 43.3 Å². The van der Waals surface area contributed by atoms with Crippen LogP contribution in [0.15, 0.2) is 47.5 Å². The number of fused-ring (bicyclic) bond motifs is 1. The monoisotopic (exact) mass is 622 g/mol. The third-order valence-corrected chi connectivity index (χ3v) is 9.66. The number of carbonyl (C=O) groups is 1. The Bertz CT molecular complexity index is 1590. The molecule has 2 heterocycles. The molecule has 0 bridgehead atoms. The third kappa shape index (κ3) is 7.10. The molecule has 0 saturated heterocycles. The van der Waals surface area contributed by atoms with Gasteiger partial charge in [0.05, 0.1) is 34.8 Å². The Hall–Kier alpha value is -3.29. The topological polar surface area (TPSA) is 115 Å². The predicted molar refractivity (Wildman–Crippen MR) is 152 cm³/mol. The average molecular weight is 623 g/mol. The highest BCUT2D eigenvalue weighted by atomic mass is 32.2. The Balaban J connectivity index is 1.69. The molecule has 43 heavy (non-hydrogen) atoms. The number of rotatable bonds is 10. The van der Waals surface area contributed by atoms with Crippen LogP contribution in [0.4, 0.5) is 13.2 Å². The lowest BCUT2D eigenvalue weighted by molar-refractivity contribution is -0.158. The van der Waals surface area contributed by atoms with Crippen LogP contribution in [-0.2, 0) is 51.8 Å². The van der Waals surface area contributed by atoms with Crippen LogP contribution in [0.1, 0.15) is 73.7 Å². The summed E-state index contributed by atoms with van der Waals surface area (Å²) in [6.45, 7) is 9.44. The Labute approximate surface area is 249 Å². The van der Waals surface area contributed by atoms with Gasteiger partial charge in [-0.15, -0.1) is 5.10 Å². The van der Waals surface area contributed by atoms with E-state index in [1.165, 1.54) is 10.4 Å². The van der Waals surface area contributed by atoms with Gasteiger partial charge in [0.15, 0.2) is 0 Å². The summed E-state index contributed by atoms with van der Waals surface area (Å²) in [5.41, 5.74) is 0.348. The Morgan fingerprint density at radius 3 is 2.56 bits per heavy atom. The van der Waals surface area contributed by atoms with E-state index in [2.05, 4.69) is 10.3 Å². The van der Waals surface area contributed by atoms with Crippen molar-refractivity contribution in [2.45, 2.75) is 84.3 Å². The zero-order valence-corrected chi connectivity index (χ0v) is 25.7. The zero-order valence-electron chi connectivity index (χ0n) is 24.8. The summed E-state index contributed by atoms with van der Waals surface area (Å²) >= 11 is 0. The molecule has 13 heteroatoms. The fourth-order valence-electron chi connectivity index (χ4n) is 5.27. The molecule has 1 N–H and O–H groups in total. The van der Waals surface area contributed by atoms with E-state index in [1.54, 1.807) is 49.8 Å². The summed E-state index contributed by atoms with van der Waals surface area (Å²) in [6, 6.07) is 8.11. The summed E-state index contributed by atoms with van der Waals surface area (Å²) < 4.78 is 77.1. The fourth-order valence-corrected chi connectivity index (χ4v) is 7.07. The lowest BCUT2D eigenvalue weighted by Crippen LogP contribution is -2.34. The highest BCUT2D eigenvalue weighted by Crippen LogP contribution is 2.39. The van der Waals surface area contributed by atoms with Crippen LogP contribution in [0, 0.1) is 18.3 Å². The van der Waals surface area contributed by atoms with Crippen molar-refractivity contribution in [2.75, 3.05) is 6.54 Å². The van der Waals surface area contributed by atoms with Crippen LogP contribution in [0.5, 0.6) is 0 Å². The van der Waals surface area contributed by atoms with E-state index in [0.29, 0.717) is 35.3 Å². The normalized spacial score (nSPS) is 18.2. The van der Waals surface area contributed by atoms with Gasteiger partial charge in [-0.3, -0.25) is 9.48 Å². The van der Waals surface area contributed by atoms with Crippen molar-refractivity contribution in [3.05, 3.63) is 76.1 Å². The Morgan fingerprint density at radius 2 is 1.91 bits per heavy atom. The first kappa shape index (κ1) is 32.6.